The van der Waals surface area contributed by atoms with Crippen LogP contribution in [0.4, 0.5) is 0 Å². The van der Waals surface area contributed by atoms with Crippen molar-refractivity contribution in [1.82, 2.24) is 10.2 Å². The normalized spacial score (nSPS) is 47.5. The molecule has 3 unspecified atom stereocenters. The Morgan fingerprint density at radius 1 is 1.10 bits per heavy atom. The van der Waals surface area contributed by atoms with Crippen LogP contribution in [0.15, 0.2) is 12.2 Å². The molecule has 0 bridgehead atoms. The number of hydrogen-bond acceptors (Lipinski definition) is 5. The van der Waals surface area contributed by atoms with Crippen molar-refractivity contribution in [3.8, 4) is 0 Å². The van der Waals surface area contributed by atoms with E-state index >= 15 is 0 Å². The zero-order chi connectivity index (χ0) is 22.4. The number of likely N-dealkylation sites (tertiary alicyclic amines) is 1. The lowest BCUT2D eigenvalue weighted by Gasteiger charge is -2.56. The first kappa shape index (κ1) is 23.7. The van der Waals surface area contributed by atoms with Crippen LogP contribution < -0.4 is 11.1 Å². The lowest BCUT2D eigenvalue weighted by Crippen LogP contribution is -2.54. The summed E-state index contributed by atoms with van der Waals surface area (Å²) >= 11 is 0. The molecule has 8 atom stereocenters. The molecule has 0 aromatic carbocycles. The van der Waals surface area contributed by atoms with Crippen molar-refractivity contribution in [3.05, 3.63) is 12.2 Å². The summed E-state index contributed by atoms with van der Waals surface area (Å²) in [5, 5.41) is 24.6. The second-order valence-electron chi connectivity index (χ2n) is 12.0. The number of nitrogens with two attached hydrogens (primary N) is 1. The van der Waals surface area contributed by atoms with Crippen LogP contribution in [0.2, 0.25) is 0 Å². The third kappa shape index (κ3) is 4.26. The number of piperidine rings is 1. The monoisotopic (exact) mass is 433 g/mol. The first-order chi connectivity index (χ1) is 14.7. The maximum absolute atomic E-state index is 10.3. The van der Waals surface area contributed by atoms with Crippen molar-refractivity contribution in [3.63, 3.8) is 0 Å². The minimum Gasteiger partial charge on any atom is -0.396 e. The van der Waals surface area contributed by atoms with E-state index < -0.39 is 0 Å². The molecule has 0 aromatic rings. The molecule has 1 aliphatic heterocycles. The summed E-state index contributed by atoms with van der Waals surface area (Å²) < 4.78 is 0. The maximum Gasteiger partial charge on any atom is 0.0544 e. The number of nitrogens with zero attached hydrogens (tertiary/aromatic N) is 1. The fraction of sp³-hybridized carbons (Fsp3) is 0.923. The molecule has 0 spiro atoms. The van der Waals surface area contributed by atoms with E-state index in [9.17, 15) is 10.2 Å². The van der Waals surface area contributed by atoms with Crippen LogP contribution in [0.25, 0.3) is 0 Å². The van der Waals surface area contributed by atoms with Gasteiger partial charge in [0, 0.05) is 18.7 Å². The molecule has 0 aromatic heterocycles. The highest BCUT2D eigenvalue weighted by molar-refractivity contribution is 5.26. The molecule has 178 valence electrons. The van der Waals surface area contributed by atoms with Crippen LogP contribution in [0.3, 0.4) is 0 Å². The fourth-order valence-corrected chi connectivity index (χ4v) is 8.07. The molecule has 1 saturated heterocycles. The predicted molar refractivity (Wildman–Crippen MR) is 127 cm³/mol. The van der Waals surface area contributed by atoms with Crippen LogP contribution in [0, 0.1) is 34.5 Å². The van der Waals surface area contributed by atoms with E-state index in [0.29, 0.717) is 23.8 Å². The fourth-order valence-electron chi connectivity index (χ4n) is 8.07. The minimum atomic E-state index is -0.255. The molecular formula is C26H47N3O2. The second-order valence-corrected chi connectivity index (χ2v) is 12.0. The van der Waals surface area contributed by atoms with Gasteiger partial charge in [-0.2, -0.15) is 0 Å². The number of aliphatic hydroxyl groups is 2. The lowest BCUT2D eigenvalue weighted by molar-refractivity contribution is -0.0939. The Hall–Kier alpha value is -0.460. The Morgan fingerprint density at radius 2 is 1.81 bits per heavy atom. The summed E-state index contributed by atoms with van der Waals surface area (Å²) in [5.41, 5.74) is 8.07. The van der Waals surface area contributed by atoms with Gasteiger partial charge in [0.15, 0.2) is 0 Å². The average Bonchev–Trinajstić information content (AvgIpc) is 2.98. The Morgan fingerprint density at radius 3 is 2.48 bits per heavy atom. The lowest BCUT2D eigenvalue weighted by atomic mass is 9.49. The van der Waals surface area contributed by atoms with Crippen molar-refractivity contribution in [2.24, 2.45) is 40.2 Å². The van der Waals surface area contributed by atoms with E-state index in [1.54, 1.807) is 0 Å². The molecule has 4 aliphatic rings. The summed E-state index contributed by atoms with van der Waals surface area (Å²) in [4.78, 5) is 2.43. The van der Waals surface area contributed by atoms with E-state index in [0.717, 1.165) is 38.6 Å². The molecule has 4 fully saturated rings. The number of aliphatic hydroxyl groups excluding tert-OH is 2. The van der Waals surface area contributed by atoms with Crippen LogP contribution in [0.5, 0.6) is 0 Å². The van der Waals surface area contributed by atoms with Crippen LogP contribution in [-0.4, -0.2) is 66.6 Å². The average molecular weight is 434 g/mol. The molecule has 31 heavy (non-hydrogen) atoms. The Bertz CT molecular complexity index is 649. The summed E-state index contributed by atoms with van der Waals surface area (Å²) in [6.07, 6.45) is 8.22. The zero-order valence-electron chi connectivity index (χ0n) is 20.2. The Labute approximate surface area is 189 Å². The third-order valence-corrected chi connectivity index (χ3v) is 10.4. The maximum atomic E-state index is 10.3. The first-order valence-electron chi connectivity index (χ1n) is 12.8. The highest BCUT2D eigenvalue weighted by Gasteiger charge is 2.58. The minimum absolute atomic E-state index is 0.0858. The number of hydrogen-bond donors (Lipinski definition) is 4. The highest BCUT2D eigenvalue weighted by Crippen LogP contribution is 2.63. The Kier molecular flexibility index (Phi) is 6.92. The van der Waals surface area contributed by atoms with Crippen LogP contribution in [-0.2, 0) is 0 Å². The highest BCUT2D eigenvalue weighted by atomic mass is 16.3. The molecule has 4 rings (SSSR count). The van der Waals surface area contributed by atoms with Gasteiger partial charge in [-0.3, -0.25) is 0 Å². The molecular weight excluding hydrogens is 386 g/mol. The summed E-state index contributed by atoms with van der Waals surface area (Å²) in [7, 11) is 2.22. The van der Waals surface area contributed by atoms with E-state index in [4.69, 9.17) is 5.73 Å². The zero-order valence-corrected chi connectivity index (χ0v) is 20.2. The molecule has 5 heteroatoms. The molecule has 5 N–H and O–H groups in total. The van der Waals surface area contributed by atoms with Gasteiger partial charge in [0.1, 0.15) is 0 Å². The first-order valence-corrected chi connectivity index (χ1v) is 12.8. The van der Waals surface area contributed by atoms with E-state index in [1.807, 2.05) is 0 Å². The van der Waals surface area contributed by atoms with Gasteiger partial charge >= 0.3 is 0 Å². The molecule has 3 saturated carbocycles. The van der Waals surface area contributed by atoms with Gasteiger partial charge in [0.25, 0.3) is 0 Å². The van der Waals surface area contributed by atoms with Gasteiger partial charge in [0.05, 0.1) is 6.10 Å². The van der Waals surface area contributed by atoms with E-state index in [2.05, 4.69) is 37.7 Å². The summed E-state index contributed by atoms with van der Waals surface area (Å²) in [5.74, 6) is 1.87. The van der Waals surface area contributed by atoms with Crippen LogP contribution in [0.1, 0.15) is 65.2 Å². The second kappa shape index (κ2) is 9.06. The van der Waals surface area contributed by atoms with Crippen molar-refractivity contribution in [2.45, 2.75) is 83.4 Å². The SMILES string of the molecule is C=C1C(N)CC2[C@H](CNC3CCN(C)CC3)C([C@@]3(C)CC[C@H](O)C[C@@H]3CO)CC[C@]12C. The topological polar surface area (TPSA) is 81.8 Å². The van der Waals surface area contributed by atoms with E-state index in [1.165, 1.54) is 37.9 Å². The number of nitrogens with one attached hydrogen (secondary N) is 1. The standard InChI is InChI=1S/C26H47N3O2/c1-17-24(27)14-23-21(15-28-19-7-11-29(4)12-8-19)22(6-10-25(17,23)2)26(3)9-5-20(31)13-18(26)16-30/h18-24,28,30-31H,1,5-16,27H2,2-4H3/t18-,20+,21-,22?,23?,24?,25-,26+/m1/s1. The van der Waals surface area contributed by atoms with Gasteiger partial charge in [-0.1, -0.05) is 26.0 Å². The molecule has 3 aliphatic carbocycles. The van der Waals surface area contributed by atoms with Crippen molar-refractivity contribution in [2.75, 3.05) is 33.3 Å². The van der Waals surface area contributed by atoms with Gasteiger partial charge in [-0.25, -0.2) is 0 Å². The van der Waals surface area contributed by atoms with E-state index in [-0.39, 0.29) is 35.5 Å². The third-order valence-electron chi connectivity index (χ3n) is 10.4. The van der Waals surface area contributed by atoms with Crippen molar-refractivity contribution < 1.29 is 10.2 Å². The predicted octanol–water partition coefficient (Wildman–Crippen LogP) is 2.77. The van der Waals surface area contributed by atoms with Crippen molar-refractivity contribution in [1.29, 1.82) is 0 Å². The molecule has 0 amide bonds. The molecule has 1 heterocycles. The van der Waals surface area contributed by atoms with Gasteiger partial charge in [-0.15, -0.1) is 0 Å². The van der Waals surface area contributed by atoms with Gasteiger partial charge in [0.2, 0.25) is 0 Å². The summed E-state index contributed by atoms with van der Waals surface area (Å²) in [6, 6.07) is 0.729. The smallest absolute Gasteiger partial charge is 0.0544 e. The van der Waals surface area contributed by atoms with Gasteiger partial charge < -0.3 is 26.2 Å². The number of rotatable bonds is 5. The Balaban J connectivity index is 1.58. The van der Waals surface area contributed by atoms with Gasteiger partial charge in [-0.05, 0) is 113 Å². The quantitative estimate of drug-likeness (QED) is 0.501. The molecule has 5 nitrogen and oxygen atoms in total. The van der Waals surface area contributed by atoms with Crippen molar-refractivity contribution >= 4 is 0 Å². The summed E-state index contributed by atoms with van der Waals surface area (Å²) in [6.45, 7) is 12.9. The van der Waals surface area contributed by atoms with Crippen LogP contribution >= 0.6 is 0 Å². The largest absolute Gasteiger partial charge is 0.396 e. The molecule has 0 radical (unpaired) electrons. The number of fused-ring (bicyclic) bond motifs is 1.